The molecule has 1 rings (SSSR count). The Bertz CT molecular complexity index is 593. The average Bonchev–Trinajstić information content (AvgIpc) is 2.89. The summed E-state index contributed by atoms with van der Waals surface area (Å²) in [5.41, 5.74) is 0. The van der Waals surface area contributed by atoms with E-state index in [0.717, 1.165) is 11.3 Å². The monoisotopic (exact) mass is 335 g/mol. The summed E-state index contributed by atoms with van der Waals surface area (Å²) >= 11 is 0.976. The molecule has 0 bridgehead atoms. The molecule has 1 aromatic rings. The molecule has 0 amide bonds. The number of hydrogen-bond acceptors (Lipinski definition) is 7. The van der Waals surface area contributed by atoms with Gasteiger partial charge in [0.1, 0.15) is 10.3 Å². The van der Waals surface area contributed by atoms with E-state index in [2.05, 4.69) is 4.72 Å². The van der Waals surface area contributed by atoms with Gasteiger partial charge in [-0.05, 0) is 32.2 Å². The summed E-state index contributed by atoms with van der Waals surface area (Å²) in [6, 6.07) is 1.43. The zero-order valence-electron chi connectivity index (χ0n) is 11.8. The molecule has 0 aliphatic rings. The third-order valence-corrected chi connectivity index (χ3v) is 5.48. The van der Waals surface area contributed by atoms with Gasteiger partial charge in [-0.2, -0.15) is 4.72 Å². The first-order valence-corrected chi connectivity index (χ1v) is 8.46. The van der Waals surface area contributed by atoms with Gasteiger partial charge in [0.15, 0.2) is 11.9 Å². The molecular weight excluding hydrogens is 318 g/mol. The molecule has 0 fully saturated rings. The second kappa shape index (κ2) is 7.12. The van der Waals surface area contributed by atoms with Crippen molar-refractivity contribution >= 4 is 33.1 Å². The lowest BCUT2D eigenvalue weighted by atomic mass is 10.2. The molecule has 0 aromatic carbocycles. The molecule has 9 heteroatoms. The molecule has 0 unspecified atom stereocenters. The van der Waals surface area contributed by atoms with Gasteiger partial charge in [-0.15, -0.1) is 11.3 Å². The van der Waals surface area contributed by atoms with E-state index < -0.39 is 34.2 Å². The Morgan fingerprint density at radius 2 is 2.00 bits per heavy atom. The first-order chi connectivity index (χ1) is 9.65. The molecule has 0 aliphatic carbocycles. The number of nitrogens with one attached hydrogen (secondary N) is 1. The molecule has 1 heterocycles. The van der Waals surface area contributed by atoms with E-state index in [9.17, 15) is 23.1 Å². The summed E-state index contributed by atoms with van der Waals surface area (Å²) in [5, 5.41) is 11.2. The normalized spacial score (nSPS) is 16.0. The Balaban J connectivity index is 2.88. The standard InChI is InChI=1S/C12H17NO6S2/c1-7(14)9(3)19-12(16)11(8(2)15)13-21(17,18)10-5-4-6-20-10/h4-6,8-9,11,13,15H,1-3H3/t8-,9+,11+/m1/s1. The summed E-state index contributed by atoms with van der Waals surface area (Å²) < 4.78 is 31.0. The van der Waals surface area contributed by atoms with E-state index in [1.807, 2.05) is 0 Å². The lowest BCUT2D eigenvalue weighted by Crippen LogP contribution is -2.49. The van der Waals surface area contributed by atoms with Crippen LogP contribution in [0.2, 0.25) is 0 Å². The van der Waals surface area contributed by atoms with Crippen LogP contribution in [0, 0.1) is 0 Å². The third-order valence-electron chi connectivity index (χ3n) is 2.64. The molecular formula is C12H17NO6S2. The highest BCUT2D eigenvalue weighted by Crippen LogP contribution is 2.16. The van der Waals surface area contributed by atoms with E-state index in [-0.39, 0.29) is 9.99 Å². The van der Waals surface area contributed by atoms with Crippen LogP contribution in [-0.2, 0) is 24.3 Å². The number of ether oxygens (including phenoxy) is 1. The average molecular weight is 335 g/mol. The van der Waals surface area contributed by atoms with Crippen molar-refractivity contribution in [2.24, 2.45) is 0 Å². The Kier molecular flexibility index (Phi) is 6.02. The lowest BCUT2D eigenvalue weighted by molar-refractivity contribution is -0.157. The molecule has 118 valence electrons. The number of rotatable bonds is 7. The highest BCUT2D eigenvalue weighted by Gasteiger charge is 2.32. The lowest BCUT2D eigenvalue weighted by Gasteiger charge is -2.21. The number of hydrogen-bond donors (Lipinski definition) is 2. The molecule has 21 heavy (non-hydrogen) atoms. The molecule has 0 aliphatic heterocycles. The minimum atomic E-state index is -3.94. The van der Waals surface area contributed by atoms with E-state index in [1.54, 1.807) is 11.4 Å². The maximum absolute atomic E-state index is 12.0. The maximum Gasteiger partial charge on any atom is 0.327 e. The number of aliphatic hydroxyl groups is 1. The number of sulfonamides is 1. The van der Waals surface area contributed by atoms with Gasteiger partial charge < -0.3 is 9.84 Å². The van der Waals surface area contributed by atoms with Crippen LogP contribution in [0.5, 0.6) is 0 Å². The van der Waals surface area contributed by atoms with Crippen LogP contribution in [0.3, 0.4) is 0 Å². The van der Waals surface area contributed by atoms with Crippen LogP contribution in [0.25, 0.3) is 0 Å². The Morgan fingerprint density at radius 3 is 2.43 bits per heavy atom. The molecule has 0 radical (unpaired) electrons. The maximum atomic E-state index is 12.0. The number of ketones is 1. The number of carbonyl (C=O) groups excluding carboxylic acids is 2. The molecule has 0 saturated carbocycles. The van der Waals surface area contributed by atoms with Gasteiger partial charge >= 0.3 is 5.97 Å². The molecule has 7 nitrogen and oxygen atoms in total. The zero-order chi connectivity index (χ0) is 16.2. The smallest absolute Gasteiger partial charge is 0.327 e. The Labute approximate surface area is 127 Å². The second-order valence-corrected chi connectivity index (χ2v) is 7.35. The van der Waals surface area contributed by atoms with Crippen molar-refractivity contribution in [1.29, 1.82) is 0 Å². The summed E-state index contributed by atoms with van der Waals surface area (Å²) in [6.45, 7) is 3.86. The van der Waals surface area contributed by atoms with Crippen LogP contribution < -0.4 is 4.72 Å². The number of carbonyl (C=O) groups is 2. The SMILES string of the molecule is CC(=O)[C@H](C)OC(=O)[C@@H](NS(=O)(=O)c1cccs1)[C@@H](C)O. The van der Waals surface area contributed by atoms with Crippen LogP contribution in [-0.4, -0.2) is 43.5 Å². The number of esters is 1. The van der Waals surface area contributed by atoms with Crippen LogP contribution >= 0.6 is 11.3 Å². The summed E-state index contributed by atoms with van der Waals surface area (Å²) in [5.74, 6) is -1.39. The number of Topliss-reactive ketones (excluding diaryl/α,β-unsaturated/α-hetero) is 1. The number of thiophene rings is 1. The number of aliphatic hydroxyl groups excluding tert-OH is 1. The van der Waals surface area contributed by atoms with Gasteiger partial charge in [-0.25, -0.2) is 8.42 Å². The van der Waals surface area contributed by atoms with Gasteiger partial charge in [0.05, 0.1) is 6.10 Å². The van der Waals surface area contributed by atoms with Crippen molar-refractivity contribution in [3.63, 3.8) is 0 Å². The second-order valence-electron chi connectivity index (χ2n) is 4.46. The van der Waals surface area contributed by atoms with Crippen LogP contribution in [0.1, 0.15) is 20.8 Å². The van der Waals surface area contributed by atoms with E-state index in [1.165, 1.54) is 26.8 Å². The highest BCUT2D eigenvalue weighted by molar-refractivity contribution is 7.91. The van der Waals surface area contributed by atoms with Gasteiger partial charge in [-0.1, -0.05) is 6.07 Å². The third kappa shape index (κ3) is 4.88. The minimum Gasteiger partial charge on any atom is -0.453 e. The first-order valence-electron chi connectivity index (χ1n) is 6.10. The molecule has 3 atom stereocenters. The summed E-state index contributed by atoms with van der Waals surface area (Å²) in [4.78, 5) is 23.0. The predicted molar refractivity (Wildman–Crippen MR) is 76.3 cm³/mol. The zero-order valence-corrected chi connectivity index (χ0v) is 13.4. The van der Waals surface area contributed by atoms with Crippen LogP contribution in [0.15, 0.2) is 21.7 Å². The van der Waals surface area contributed by atoms with Gasteiger partial charge in [-0.3, -0.25) is 9.59 Å². The van der Waals surface area contributed by atoms with E-state index in [4.69, 9.17) is 4.74 Å². The highest BCUT2D eigenvalue weighted by atomic mass is 32.2. The largest absolute Gasteiger partial charge is 0.453 e. The predicted octanol–water partition coefficient (Wildman–Crippen LogP) is 0.296. The molecule has 2 N–H and O–H groups in total. The Morgan fingerprint density at radius 1 is 1.38 bits per heavy atom. The minimum absolute atomic E-state index is 0.0144. The fourth-order valence-electron chi connectivity index (χ4n) is 1.32. The summed E-state index contributed by atoms with van der Waals surface area (Å²) in [7, 11) is -3.94. The van der Waals surface area contributed by atoms with Crippen molar-refractivity contribution in [3.05, 3.63) is 17.5 Å². The van der Waals surface area contributed by atoms with Gasteiger partial charge in [0.25, 0.3) is 10.0 Å². The Hall–Kier alpha value is -1.29. The van der Waals surface area contributed by atoms with Gasteiger partial charge in [0.2, 0.25) is 0 Å². The molecule has 0 saturated heterocycles. The molecule has 0 spiro atoms. The van der Waals surface area contributed by atoms with Gasteiger partial charge in [0, 0.05) is 0 Å². The molecule has 1 aromatic heterocycles. The quantitative estimate of drug-likeness (QED) is 0.693. The van der Waals surface area contributed by atoms with Crippen molar-refractivity contribution in [2.75, 3.05) is 0 Å². The fraction of sp³-hybridized carbons (Fsp3) is 0.500. The summed E-state index contributed by atoms with van der Waals surface area (Å²) in [6.07, 6.45) is -2.32. The van der Waals surface area contributed by atoms with E-state index >= 15 is 0 Å². The van der Waals surface area contributed by atoms with Crippen LogP contribution in [0.4, 0.5) is 0 Å². The van der Waals surface area contributed by atoms with Crippen molar-refractivity contribution in [2.45, 2.75) is 43.2 Å². The van der Waals surface area contributed by atoms with Crippen molar-refractivity contribution in [3.8, 4) is 0 Å². The topological polar surface area (TPSA) is 110 Å². The van der Waals surface area contributed by atoms with Crippen molar-refractivity contribution in [1.82, 2.24) is 4.72 Å². The first kappa shape index (κ1) is 17.8. The van der Waals surface area contributed by atoms with E-state index in [0.29, 0.717) is 0 Å². The fourth-order valence-corrected chi connectivity index (χ4v) is 3.58. The van der Waals surface area contributed by atoms with Crippen molar-refractivity contribution < 1.29 is 27.9 Å².